The fraction of sp³-hybridized carbons (Fsp3) is 0.360. The lowest BCUT2D eigenvalue weighted by Gasteiger charge is -2.24. The van der Waals surface area contributed by atoms with Crippen LogP contribution in [-0.2, 0) is 11.0 Å². The van der Waals surface area contributed by atoms with Crippen LogP contribution >= 0.6 is 34.8 Å². The predicted octanol–water partition coefficient (Wildman–Crippen LogP) is 8.44. The second-order valence-corrected chi connectivity index (χ2v) is 9.70. The first kappa shape index (κ1) is 32.7. The van der Waals surface area contributed by atoms with E-state index in [2.05, 4.69) is 5.32 Å². The maximum Gasteiger partial charge on any atom is 0.417 e. The molecule has 0 aliphatic carbocycles. The number of halogens is 10. The van der Waals surface area contributed by atoms with Crippen molar-refractivity contribution in [3.63, 3.8) is 0 Å². The molecule has 0 aliphatic heterocycles. The average molecular weight is 622 g/mol. The molecule has 0 saturated carbocycles. The van der Waals surface area contributed by atoms with Gasteiger partial charge in [-0.1, -0.05) is 54.2 Å². The Labute approximate surface area is 234 Å². The summed E-state index contributed by atoms with van der Waals surface area (Å²) in [6, 6.07) is 2.79. The highest BCUT2D eigenvalue weighted by molar-refractivity contribution is 6.48. The van der Waals surface area contributed by atoms with Gasteiger partial charge in [-0.05, 0) is 48.7 Å². The van der Waals surface area contributed by atoms with E-state index in [1.165, 1.54) is 0 Å². The number of benzene rings is 2. The van der Waals surface area contributed by atoms with E-state index in [9.17, 15) is 35.9 Å². The molecule has 0 saturated heterocycles. The summed E-state index contributed by atoms with van der Waals surface area (Å²) in [5, 5.41) is 1.40. The van der Waals surface area contributed by atoms with E-state index >= 15 is 4.39 Å². The largest absolute Gasteiger partial charge is 0.417 e. The molecule has 0 heterocycles. The Kier molecular flexibility index (Phi) is 10.7. The van der Waals surface area contributed by atoms with Crippen LogP contribution < -0.4 is 11.1 Å². The van der Waals surface area contributed by atoms with Crippen LogP contribution in [0.4, 0.5) is 30.7 Å². The molecule has 2 aromatic rings. The first-order chi connectivity index (χ1) is 17.9. The molecule has 4 nitrogen and oxygen atoms in total. The Morgan fingerprint density at radius 1 is 1.03 bits per heavy atom. The van der Waals surface area contributed by atoms with E-state index in [4.69, 9.17) is 40.5 Å². The second kappa shape index (κ2) is 12.8. The van der Waals surface area contributed by atoms with E-state index < -0.39 is 69.6 Å². The molecule has 14 heteroatoms. The predicted molar refractivity (Wildman–Crippen MR) is 136 cm³/mol. The summed E-state index contributed by atoms with van der Waals surface area (Å²) < 4.78 is 100. The van der Waals surface area contributed by atoms with Gasteiger partial charge in [0, 0.05) is 12.1 Å². The minimum absolute atomic E-state index is 0.0283. The van der Waals surface area contributed by atoms with Gasteiger partial charge in [-0.25, -0.2) is 4.39 Å². The number of unbranched alkanes of at least 4 members (excludes halogenated alkanes) is 1. The van der Waals surface area contributed by atoms with Gasteiger partial charge in [0.15, 0.2) is 0 Å². The molecular formula is C25H22Cl3F7N2O2. The molecule has 0 radical (unpaired) electrons. The van der Waals surface area contributed by atoms with Crippen molar-refractivity contribution in [1.29, 1.82) is 0 Å². The Morgan fingerprint density at radius 3 is 2.03 bits per heavy atom. The van der Waals surface area contributed by atoms with Gasteiger partial charge < -0.3 is 11.1 Å². The van der Waals surface area contributed by atoms with Crippen molar-refractivity contribution in [3.8, 4) is 0 Å². The summed E-state index contributed by atoms with van der Waals surface area (Å²) in [4.78, 5) is 24.5. The van der Waals surface area contributed by atoms with Crippen LogP contribution in [0.1, 0.15) is 71.1 Å². The number of rotatable bonds is 9. The van der Waals surface area contributed by atoms with Crippen LogP contribution in [0.15, 0.2) is 30.3 Å². The number of amides is 2. The molecule has 2 rings (SSSR count). The summed E-state index contributed by atoms with van der Waals surface area (Å²) >= 11 is 17.4. The van der Waals surface area contributed by atoms with E-state index in [-0.39, 0.29) is 27.7 Å². The average Bonchev–Trinajstić information content (AvgIpc) is 2.82. The monoisotopic (exact) mass is 620 g/mol. The Balaban J connectivity index is 2.86. The van der Waals surface area contributed by atoms with Gasteiger partial charge in [-0.15, -0.1) is 0 Å². The SMILES string of the molecule is CCCCNC(=O)[C@H](C)c1c(/C(F)=C/C(c2cc(Cl)c(Cl)c(Cl)c2)C(F)(F)F)ccc(C(N)=O)c1C(F)(F)F. The Bertz CT molecular complexity index is 1250. The lowest BCUT2D eigenvalue weighted by atomic mass is 9.85. The highest BCUT2D eigenvalue weighted by atomic mass is 35.5. The molecule has 0 fully saturated rings. The van der Waals surface area contributed by atoms with Crippen molar-refractivity contribution < 1.29 is 40.3 Å². The number of allylic oxidation sites excluding steroid dienone is 1. The number of carbonyl (C=O) groups is 2. The first-order valence-corrected chi connectivity index (χ1v) is 12.5. The Hall–Kier alpha value is -2.50. The highest BCUT2D eigenvalue weighted by Gasteiger charge is 2.43. The van der Waals surface area contributed by atoms with Gasteiger partial charge in [-0.2, -0.15) is 26.3 Å². The number of alkyl halides is 6. The van der Waals surface area contributed by atoms with Crippen molar-refractivity contribution in [3.05, 3.63) is 73.2 Å². The summed E-state index contributed by atoms with van der Waals surface area (Å²) in [5.74, 6) is -8.71. The number of nitrogens with one attached hydrogen (secondary N) is 1. The highest BCUT2D eigenvalue weighted by Crippen LogP contribution is 2.45. The van der Waals surface area contributed by atoms with Gasteiger partial charge in [0.2, 0.25) is 11.8 Å². The molecule has 214 valence electrons. The molecule has 0 bridgehead atoms. The third-order valence-electron chi connectivity index (χ3n) is 5.74. The lowest BCUT2D eigenvalue weighted by molar-refractivity contribution is -0.140. The van der Waals surface area contributed by atoms with Gasteiger partial charge >= 0.3 is 12.4 Å². The fourth-order valence-corrected chi connectivity index (χ4v) is 4.44. The van der Waals surface area contributed by atoms with Crippen LogP contribution in [0.3, 0.4) is 0 Å². The van der Waals surface area contributed by atoms with Crippen LogP contribution in [0.2, 0.25) is 15.1 Å². The van der Waals surface area contributed by atoms with Crippen molar-refractivity contribution in [2.45, 2.75) is 50.9 Å². The summed E-state index contributed by atoms with van der Waals surface area (Å²) in [5.41, 5.74) is -0.374. The number of carbonyl (C=O) groups excluding carboxylic acids is 2. The van der Waals surface area contributed by atoms with E-state index in [1.807, 2.05) is 0 Å². The zero-order chi connectivity index (χ0) is 29.9. The van der Waals surface area contributed by atoms with Gasteiger partial charge in [-0.3, -0.25) is 9.59 Å². The number of hydrogen-bond donors (Lipinski definition) is 2. The maximum atomic E-state index is 15.6. The fourth-order valence-electron chi connectivity index (χ4n) is 3.83. The number of primary amides is 1. The summed E-state index contributed by atoms with van der Waals surface area (Å²) in [6.07, 6.45) is -9.33. The third-order valence-corrected chi connectivity index (χ3v) is 6.94. The number of hydrogen-bond acceptors (Lipinski definition) is 2. The standard InChI is InChI=1S/C25H22Cl3F7N2O2/c1-3-4-7-37-23(39)11(2)19-13(5-6-14(22(36)38)20(19)25(33,34)35)18(29)10-15(24(30,31)32)12-8-16(26)21(28)17(27)9-12/h5-6,8-11,15H,3-4,7H2,1-2H3,(H2,36,38)(H,37,39)/b18-10-/t11-,15?/m1/s1. The molecule has 0 spiro atoms. The zero-order valence-electron chi connectivity index (χ0n) is 20.3. The third kappa shape index (κ3) is 7.79. The topological polar surface area (TPSA) is 72.2 Å². The second-order valence-electron chi connectivity index (χ2n) is 8.51. The van der Waals surface area contributed by atoms with Crippen LogP contribution in [0.25, 0.3) is 5.83 Å². The maximum absolute atomic E-state index is 15.6. The molecule has 0 aliphatic rings. The van der Waals surface area contributed by atoms with Crippen LogP contribution in [-0.4, -0.2) is 24.5 Å². The lowest BCUT2D eigenvalue weighted by Crippen LogP contribution is -2.31. The van der Waals surface area contributed by atoms with E-state index in [0.29, 0.717) is 25.0 Å². The van der Waals surface area contributed by atoms with Gasteiger partial charge in [0.1, 0.15) is 11.7 Å². The van der Waals surface area contributed by atoms with Crippen molar-refractivity contribution in [1.82, 2.24) is 5.32 Å². The molecule has 39 heavy (non-hydrogen) atoms. The first-order valence-electron chi connectivity index (χ1n) is 11.3. The van der Waals surface area contributed by atoms with Crippen LogP contribution in [0, 0.1) is 0 Å². The van der Waals surface area contributed by atoms with Crippen molar-refractivity contribution >= 4 is 52.4 Å². The molecular weight excluding hydrogens is 600 g/mol. The minimum atomic E-state index is -5.32. The Morgan fingerprint density at radius 2 is 1.56 bits per heavy atom. The molecule has 1 unspecified atom stereocenters. The molecule has 2 atom stereocenters. The summed E-state index contributed by atoms with van der Waals surface area (Å²) in [6.45, 7) is 2.88. The van der Waals surface area contributed by atoms with Crippen molar-refractivity contribution in [2.75, 3.05) is 6.54 Å². The minimum Gasteiger partial charge on any atom is -0.366 e. The number of nitrogens with two attached hydrogens (primary N) is 1. The van der Waals surface area contributed by atoms with Gasteiger partial charge in [0.25, 0.3) is 0 Å². The molecule has 3 N–H and O–H groups in total. The van der Waals surface area contributed by atoms with Crippen molar-refractivity contribution in [2.24, 2.45) is 5.73 Å². The smallest absolute Gasteiger partial charge is 0.366 e. The van der Waals surface area contributed by atoms with Crippen LogP contribution in [0.5, 0.6) is 0 Å². The van der Waals surface area contributed by atoms with E-state index in [0.717, 1.165) is 19.1 Å². The molecule has 2 amide bonds. The quantitative estimate of drug-likeness (QED) is 0.168. The molecule has 2 aromatic carbocycles. The van der Waals surface area contributed by atoms with E-state index in [1.54, 1.807) is 6.92 Å². The van der Waals surface area contributed by atoms with Gasteiger partial charge in [0.05, 0.1) is 32.1 Å². The zero-order valence-corrected chi connectivity index (χ0v) is 22.6. The normalized spacial score (nSPS) is 14.2. The molecule has 0 aromatic heterocycles. The summed E-state index contributed by atoms with van der Waals surface area (Å²) in [7, 11) is 0.